The maximum absolute atomic E-state index is 12.6. The highest BCUT2D eigenvalue weighted by Crippen LogP contribution is 2.29. The molecule has 0 saturated carbocycles. The Morgan fingerprint density at radius 2 is 1.19 bits per heavy atom. The minimum absolute atomic E-state index is 0.0287. The third-order valence-corrected chi connectivity index (χ3v) is 8.76. The van der Waals surface area contributed by atoms with Crippen LogP contribution in [0.3, 0.4) is 0 Å². The molecule has 1 heterocycles. The van der Waals surface area contributed by atoms with Crippen LogP contribution in [0.5, 0.6) is 0 Å². The van der Waals surface area contributed by atoms with Gasteiger partial charge in [-0.2, -0.15) is 0 Å². The molecule has 0 bridgehead atoms. The molecule has 1 nitrogen and oxygen atoms in total. The molecule has 0 atom stereocenters. The van der Waals surface area contributed by atoms with E-state index < -0.39 is 0 Å². The molecular formula is C28H24IOS+. The summed E-state index contributed by atoms with van der Waals surface area (Å²) in [4.78, 5) is 12.6. The molecular weight excluding hydrogens is 511 g/mol. The molecule has 0 spiro atoms. The molecule has 0 radical (unpaired) electrons. The van der Waals surface area contributed by atoms with Crippen LogP contribution in [0.4, 0.5) is 0 Å². The second kappa shape index (κ2) is 10.2. The standard InChI is InChI=1S/C16H14OS.C12H10I/c1-10(2)11-7-5-9-14-15(11)16(17)12-6-3-4-8-13(12)18-14;1-3-7-11(8-4-1)13-12-9-5-2-6-10-12/h3-10H,1-2H3;1-10H/q;+1. The van der Waals surface area contributed by atoms with E-state index in [9.17, 15) is 4.79 Å². The van der Waals surface area contributed by atoms with Gasteiger partial charge in [0, 0.05) is 20.2 Å². The fraction of sp³-hybridized carbons (Fsp3) is 0.107. The number of halogens is 1. The van der Waals surface area contributed by atoms with E-state index >= 15 is 0 Å². The van der Waals surface area contributed by atoms with E-state index in [4.69, 9.17) is 0 Å². The number of hydrogen-bond acceptors (Lipinski definition) is 2. The number of rotatable bonds is 3. The number of fused-ring (bicyclic) bond motifs is 2. The quantitative estimate of drug-likeness (QED) is 0.248. The molecule has 0 amide bonds. The first-order chi connectivity index (χ1) is 15.1. The third-order valence-electron chi connectivity index (χ3n) is 4.94. The maximum Gasteiger partial charge on any atom is 0.357 e. The summed E-state index contributed by atoms with van der Waals surface area (Å²) in [5, 5.41) is 1.74. The van der Waals surface area contributed by atoms with Gasteiger partial charge in [0.2, 0.25) is 0 Å². The van der Waals surface area contributed by atoms with Crippen molar-refractivity contribution in [3.63, 3.8) is 0 Å². The van der Waals surface area contributed by atoms with Gasteiger partial charge in [0.05, 0.1) is 0 Å². The molecule has 0 aliphatic carbocycles. The van der Waals surface area contributed by atoms with Crippen molar-refractivity contribution in [2.75, 3.05) is 0 Å². The van der Waals surface area contributed by atoms with Crippen molar-refractivity contribution in [1.29, 1.82) is 0 Å². The van der Waals surface area contributed by atoms with Gasteiger partial charge >= 0.3 is 21.2 Å². The van der Waals surface area contributed by atoms with Crippen LogP contribution >= 0.6 is 11.3 Å². The summed E-state index contributed by atoms with van der Waals surface area (Å²) in [6.07, 6.45) is 0. The lowest BCUT2D eigenvalue weighted by molar-refractivity contribution is -0.597. The van der Waals surface area contributed by atoms with Crippen molar-refractivity contribution in [2.45, 2.75) is 19.8 Å². The van der Waals surface area contributed by atoms with Crippen LogP contribution in [0.2, 0.25) is 0 Å². The number of hydrogen-bond donors (Lipinski definition) is 0. The van der Waals surface area contributed by atoms with E-state index in [2.05, 4.69) is 80.6 Å². The summed E-state index contributed by atoms with van der Waals surface area (Å²) < 4.78 is 5.11. The molecule has 5 aromatic rings. The van der Waals surface area contributed by atoms with Crippen molar-refractivity contribution in [2.24, 2.45) is 0 Å². The highest BCUT2D eigenvalue weighted by Gasteiger charge is 2.13. The summed E-state index contributed by atoms with van der Waals surface area (Å²) in [6, 6.07) is 35.4. The molecule has 5 rings (SSSR count). The summed E-state index contributed by atoms with van der Waals surface area (Å²) in [6.45, 7) is 4.27. The molecule has 0 N–H and O–H groups in total. The zero-order valence-corrected chi connectivity index (χ0v) is 20.6. The normalized spacial score (nSPS) is 10.8. The number of benzene rings is 4. The highest BCUT2D eigenvalue weighted by molar-refractivity contribution is 7.24. The Bertz CT molecular complexity index is 1300. The molecule has 1 aromatic heterocycles. The highest BCUT2D eigenvalue weighted by atomic mass is 127. The fourth-order valence-corrected chi connectivity index (χ4v) is 6.82. The first-order valence-electron chi connectivity index (χ1n) is 10.3. The predicted octanol–water partition coefficient (Wildman–Crippen LogP) is 4.35. The molecule has 154 valence electrons. The van der Waals surface area contributed by atoms with Crippen molar-refractivity contribution in [3.05, 3.63) is 126 Å². The Kier molecular flexibility index (Phi) is 7.15. The van der Waals surface area contributed by atoms with Crippen LogP contribution in [0.1, 0.15) is 25.3 Å². The molecule has 0 unspecified atom stereocenters. The maximum atomic E-state index is 12.6. The average molecular weight is 535 g/mol. The van der Waals surface area contributed by atoms with Crippen molar-refractivity contribution >= 4 is 31.5 Å². The van der Waals surface area contributed by atoms with Crippen LogP contribution < -0.4 is 26.6 Å². The topological polar surface area (TPSA) is 17.1 Å². The van der Waals surface area contributed by atoms with Gasteiger partial charge in [-0.3, -0.25) is 4.79 Å². The van der Waals surface area contributed by atoms with E-state index in [1.165, 1.54) is 7.14 Å². The Morgan fingerprint density at radius 1 is 0.645 bits per heavy atom. The minimum Gasteiger partial charge on any atom is -0.288 e. The lowest BCUT2D eigenvalue weighted by Gasteiger charge is -2.09. The van der Waals surface area contributed by atoms with Gasteiger partial charge in [0.15, 0.2) is 12.6 Å². The van der Waals surface area contributed by atoms with Gasteiger partial charge in [0.1, 0.15) is 0 Å². The van der Waals surface area contributed by atoms with Gasteiger partial charge in [-0.15, -0.1) is 11.3 Å². The van der Waals surface area contributed by atoms with Gasteiger partial charge in [-0.05, 0) is 53.9 Å². The lowest BCUT2D eigenvalue weighted by Crippen LogP contribution is -3.61. The fourth-order valence-electron chi connectivity index (χ4n) is 3.43. The smallest absolute Gasteiger partial charge is 0.288 e. The summed E-state index contributed by atoms with van der Waals surface area (Å²) in [5.74, 6) is 0.370. The molecule has 0 saturated heterocycles. The second-order valence-corrected chi connectivity index (χ2v) is 11.6. The van der Waals surface area contributed by atoms with Gasteiger partial charge in [-0.1, -0.05) is 74.5 Å². The Labute approximate surface area is 197 Å². The van der Waals surface area contributed by atoms with Crippen LogP contribution in [-0.4, -0.2) is 0 Å². The molecule has 31 heavy (non-hydrogen) atoms. The summed E-state index contributed by atoms with van der Waals surface area (Å²) in [5.41, 5.74) is 1.32. The lowest BCUT2D eigenvalue weighted by atomic mass is 9.98. The van der Waals surface area contributed by atoms with E-state index in [1.54, 1.807) is 11.3 Å². The van der Waals surface area contributed by atoms with Gasteiger partial charge in [-0.25, -0.2) is 0 Å². The van der Waals surface area contributed by atoms with Crippen LogP contribution in [0, 0.1) is 7.14 Å². The molecule has 0 aliphatic rings. The van der Waals surface area contributed by atoms with Crippen molar-refractivity contribution in [3.8, 4) is 0 Å². The van der Waals surface area contributed by atoms with E-state index in [1.807, 2.05) is 36.4 Å². The summed E-state index contributed by atoms with van der Waals surface area (Å²) in [7, 11) is 0. The first kappa shape index (κ1) is 21.7. The van der Waals surface area contributed by atoms with E-state index in [0.29, 0.717) is 5.92 Å². The Morgan fingerprint density at radius 3 is 1.81 bits per heavy atom. The SMILES string of the molecule is CC(C)c1cccc2sc3ccccc3c(=O)c12.c1ccc([I+]c2ccccc2)cc1. The predicted molar refractivity (Wildman–Crippen MR) is 130 cm³/mol. The average Bonchev–Trinajstić information content (AvgIpc) is 2.80. The van der Waals surface area contributed by atoms with Crippen LogP contribution in [0.15, 0.2) is 108 Å². The van der Waals surface area contributed by atoms with Crippen LogP contribution in [0.25, 0.3) is 20.2 Å². The molecule has 4 aromatic carbocycles. The van der Waals surface area contributed by atoms with Crippen molar-refractivity contribution in [1.82, 2.24) is 0 Å². The second-order valence-electron chi connectivity index (χ2n) is 7.49. The van der Waals surface area contributed by atoms with Gasteiger partial charge in [0.25, 0.3) is 0 Å². The molecule has 3 heteroatoms. The van der Waals surface area contributed by atoms with Crippen LogP contribution in [-0.2, 0) is 0 Å². The largest absolute Gasteiger partial charge is 0.357 e. The van der Waals surface area contributed by atoms with E-state index in [0.717, 1.165) is 25.7 Å². The molecule has 0 fully saturated rings. The third kappa shape index (κ3) is 5.23. The first-order valence-corrected chi connectivity index (χ1v) is 13.3. The Hall–Kier alpha value is -2.50. The zero-order chi connectivity index (χ0) is 21.6. The monoisotopic (exact) mass is 535 g/mol. The molecule has 0 aliphatic heterocycles. The summed E-state index contributed by atoms with van der Waals surface area (Å²) >= 11 is 1.73. The minimum atomic E-state index is 0.0287. The Balaban J connectivity index is 0.000000158. The zero-order valence-electron chi connectivity index (χ0n) is 17.6. The van der Waals surface area contributed by atoms with Crippen molar-refractivity contribution < 1.29 is 21.2 Å². The van der Waals surface area contributed by atoms with E-state index in [-0.39, 0.29) is 26.6 Å². The van der Waals surface area contributed by atoms with Gasteiger partial charge < -0.3 is 0 Å².